The van der Waals surface area contributed by atoms with Crippen molar-refractivity contribution in [3.63, 3.8) is 0 Å². The first-order valence-electron chi connectivity index (χ1n) is 3.83. The van der Waals surface area contributed by atoms with E-state index in [1.165, 1.54) is 0 Å². The molecule has 1 aromatic carbocycles. The van der Waals surface area contributed by atoms with Gasteiger partial charge in [-0.3, -0.25) is 0 Å². The molecule has 0 saturated carbocycles. The number of aromatic hydroxyl groups is 1. The maximum absolute atomic E-state index is 9.47. The number of nitrogens with two attached hydrogens (primary N) is 1. The third-order valence-corrected chi connectivity index (χ3v) is 1.89. The lowest BCUT2D eigenvalue weighted by Gasteiger charge is -2.11. The van der Waals surface area contributed by atoms with Gasteiger partial charge >= 0.3 is 0 Å². The third-order valence-electron chi connectivity index (χ3n) is 1.89. The summed E-state index contributed by atoms with van der Waals surface area (Å²) in [4.78, 5) is 0. The normalized spacial score (nSPS) is 12.5. The lowest BCUT2D eigenvalue weighted by molar-refractivity contribution is 0.465. The Morgan fingerprint density at radius 3 is 2.75 bits per heavy atom. The molecule has 0 amide bonds. The highest BCUT2D eigenvalue weighted by Crippen LogP contribution is 2.26. The predicted molar refractivity (Wildman–Crippen MR) is 50.0 cm³/mol. The van der Waals surface area contributed by atoms with Gasteiger partial charge in [-0.1, -0.05) is 18.2 Å². The topological polar surface area (TPSA) is 46.2 Å². The molecule has 3 N–H and O–H groups in total. The zero-order valence-electron chi connectivity index (χ0n) is 7.12. The Kier molecular flexibility index (Phi) is 2.51. The van der Waals surface area contributed by atoms with Crippen molar-refractivity contribution in [3.8, 4) is 5.75 Å². The largest absolute Gasteiger partial charge is 0.508 e. The fourth-order valence-corrected chi connectivity index (χ4v) is 1.22. The summed E-state index contributed by atoms with van der Waals surface area (Å²) in [5.41, 5.74) is 7.46. The Hall–Kier alpha value is -1.28. The standard InChI is InChI=1S/C10H13NO/c1-3-8(11)10-7(2)5-4-6-9(10)12/h3-6,8,12H,1,11H2,2H3/t8-/m0/s1. The van der Waals surface area contributed by atoms with Crippen molar-refractivity contribution in [1.82, 2.24) is 0 Å². The second kappa shape index (κ2) is 3.41. The highest BCUT2D eigenvalue weighted by Gasteiger charge is 2.09. The molecule has 0 bridgehead atoms. The van der Waals surface area contributed by atoms with E-state index in [2.05, 4.69) is 6.58 Å². The minimum Gasteiger partial charge on any atom is -0.508 e. The summed E-state index contributed by atoms with van der Waals surface area (Å²) in [6.45, 7) is 5.50. The molecular formula is C10H13NO. The number of aryl methyl sites for hydroxylation is 1. The SMILES string of the molecule is C=C[C@H](N)c1c(C)cccc1O. The molecule has 2 nitrogen and oxygen atoms in total. The van der Waals surface area contributed by atoms with Crippen LogP contribution >= 0.6 is 0 Å². The Bertz CT molecular complexity index is 274. The van der Waals surface area contributed by atoms with Crippen LogP contribution in [0.15, 0.2) is 30.9 Å². The van der Waals surface area contributed by atoms with Crippen LogP contribution in [0.25, 0.3) is 0 Å². The van der Waals surface area contributed by atoms with E-state index in [0.717, 1.165) is 11.1 Å². The molecule has 0 fully saturated rings. The molecule has 0 unspecified atom stereocenters. The molecule has 0 aliphatic heterocycles. The Balaban J connectivity index is 3.20. The van der Waals surface area contributed by atoms with Crippen LogP contribution in [0.2, 0.25) is 0 Å². The summed E-state index contributed by atoms with van der Waals surface area (Å²) in [6, 6.07) is 5.06. The van der Waals surface area contributed by atoms with E-state index < -0.39 is 0 Å². The Morgan fingerprint density at radius 1 is 1.58 bits per heavy atom. The van der Waals surface area contributed by atoms with Crippen molar-refractivity contribution in [2.45, 2.75) is 13.0 Å². The van der Waals surface area contributed by atoms with Crippen LogP contribution in [0.1, 0.15) is 17.2 Å². The summed E-state index contributed by atoms with van der Waals surface area (Å²) in [5, 5.41) is 9.47. The fourth-order valence-electron chi connectivity index (χ4n) is 1.22. The van der Waals surface area contributed by atoms with Crippen molar-refractivity contribution in [3.05, 3.63) is 42.0 Å². The van der Waals surface area contributed by atoms with Gasteiger partial charge in [0.15, 0.2) is 0 Å². The molecule has 12 heavy (non-hydrogen) atoms. The number of benzene rings is 1. The van der Waals surface area contributed by atoms with Gasteiger partial charge in [0, 0.05) is 5.56 Å². The maximum atomic E-state index is 9.47. The molecule has 0 saturated heterocycles. The van der Waals surface area contributed by atoms with Gasteiger partial charge < -0.3 is 10.8 Å². The van der Waals surface area contributed by atoms with Gasteiger partial charge in [-0.2, -0.15) is 0 Å². The lowest BCUT2D eigenvalue weighted by Crippen LogP contribution is -2.08. The minimum atomic E-state index is -0.286. The van der Waals surface area contributed by atoms with Crippen molar-refractivity contribution in [1.29, 1.82) is 0 Å². The zero-order valence-corrected chi connectivity index (χ0v) is 7.12. The van der Waals surface area contributed by atoms with E-state index in [1.54, 1.807) is 18.2 Å². The average molecular weight is 163 g/mol. The van der Waals surface area contributed by atoms with Gasteiger partial charge in [-0.05, 0) is 18.6 Å². The van der Waals surface area contributed by atoms with E-state index in [4.69, 9.17) is 5.73 Å². The van der Waals surface area contributed by atoms with E-state index >= 15 is 0 Å². The number of phenols is 1. The van der Waals surface area contributed by atoms with E-state index in [-0.39, 0.29) is 11.8 Å². The van der Waals surface area contributed by atoms with Crippen molar-refractivity contribution in [2.75, 3.05) is 0 Å². The molecule has 1 rings (SSSR count). The molecule has 1 atom stereocenters. The first-order valence-corrected chi connectivity index (χ1v) is 3.83. The highest BCUT2D eigenvalue weighted by molar-refractivity contribution is 5.42. The average Bonchev–Trinajstić information content (AvgIpc) is 2.03. The molecule has 64 valence electrons. The number of hydrogen-bond acceptors (Lipinski definition) is 2. The van der Waals surface area contributed by atoms with Gasteiger partial charge in [0.1, 0.15) is 5.75 Å². The summed E-state index contributed by atoms with van der Waals surface area (Å²) >= 11 is 0. The van der Waals surface area contributed by atoms with Gasteiger partial charge in [0.2, 0.25) is 0 Å². The Labute approximate surface area is 72.3 Å². The predicted octanol–water partition coefficient (Wildman–Crippen LogP) is 1.89. The van der Waals surface area contributed by atoms with Gasteiger partial charge in [0.25, 0.3) is 0 Å². The highest BCUT2D eigenvalue weighted by atomic mass is 16.3. The molecule has 0 aliphatic carbocycles. The smallest absolute Gasteiger partial charge is 0.120 e. The van der Waals surface area contributed by atoms with Crippen LogP contribution in [0, 0.1) is 6.92 Å². The summed E-state index contributed by atoms with van der Waals surface area (Å²) in [5.74, 6) is 0.238. The fraction of sp³-hybridized carbons (Fsp3) is 0.200. The Morgan fingerprint density at radius 2 is 2.25 bits per heavy atom. The van der Waals surface area contributed by atoms with Crippen LogP contribution in [-0.4, -0.2) is 5.11 Å². The van der Waals surface area contributed by atoms with E-state index in [9.17, 15) is 5.11 Å². The summed E-state index contributed by atoms with van der Waals surface area (Å²) < 4.78 is 0. The molecule has 1 aromatic rings. The molecule has 0 aromatic heterocycles. The molecule has 0 heterocycles. The molecule has 2 heteroatoms. The van der Waals surface area contributed by atoms with Gasteiger partial charge in [0.05, 0.1) is 6.04 Å². The minimum absolute atomic E-state index is 0.238. The van der Waals surface area contributed by atoms with Crippen molar-refractivity contribution < 1.29 is 5.11 Å². The van der Waals surface area contributed by atoms with Crippen LogP contribution < -0.4 is 5.73 Å². The maximum Gasteiger partial charge on any atom is 0.120 e. The first-order chi connectivity index (χ1) is 5.66. The van der Waals surface area contributed by atoms with E-state index in [1.807, 2.05) is 13.0 Å². The number of phenolic OH excluding ortho intramolecular Hbond substituents is 1. The lowest BCUT2D eigenvalue weighted by atomic mass is 10.0. The zero-order chi connectivity index (χ0) is 9.14. The monoisotopic (exact) mass is 163 g/mol. The third kappa shape index (κ3) is 1.48. The number of hydrogen-bond donors (Lipinski definition) is 2. The van der Waals surface area contributed by atoms with Gasteiger partial charge in [-0.25, -0.2) is 0 Å². The molecule has 0 radical (unpaired) electrons. The second-order valence-electron chi connectivity index (χ2n) is 2.77. The molecule has 0 spiro atoms. The van der Waals surface area contributed by atoms with Crippen LogP contribution in [0.3, 0.4) is 0 Å². The van der Waals surface area contributed by atoms with Crippen LogP contribution in [0.4, 0.5) is 0 Å². The number of rotatable bonds is 2. The van der Waals surface area contributed by atoms with E-state index in [0.29, 0.717) is 0 Å². The quantitative estimate of drug-likeness (QED) is 0.654. The second-order valence-corrected chi connectivity index (χ2v) is 2.77. The van der Waals surface area contributed by atoms with Gasteiger partial charge in [-0.15, -0.1) is 6.58 Å². The van der Waals surface area contributed by atoms with Crippen molar-refractivity contribution in [2.24, 2.45) is 5.73 Å². The van der Waals surface area contributed by atoms with Crippen LogP contribution in [-0.2, 0) is 0 Å². The molecule has 0 aliphatic rings. The summed E-state index contributed by atoms with van der Waals surface area (Å²) in [6.07, 6.45) is 1.61. The summed E-state index contributed by atoms with van der Waals surface area (Å²) in [7, 11) is 0. The van der Waals surface area contributed by atoms with Crippen LogP contribution in [0.5, 0.6) is 5.75 Å². The first kappa shape index (κ1) is 8.81. The van der Waals surface area contributed by atoms with Crippen molar-refractivity contribution >= 4 is 0 Å². The molecular weight excluding hydrogens is 150 g/mol.